The zero-order chi connectivity index (χ0) is 15.5. The van der Waals surface area contributed by atoms with E-state index in [1.165, 1.54) is 0 Å². The molecule has 0 saturated carbocycles. The molecule has 0 bridgehead atoms. The van der Waals surface area contributed by atoms with Crippen molar-refractivity contribution in [2.75, 3.05) is 6.54 Å². The number of hydrogen-bond donors (Lipinski definition) is 1. The summed E-state index contributed by atoms with van der Waals surface area (Å²) in [5, 5.41) is 4.12. The smallest absolute Gasteiger partial charge is 0.244 e. The molecule has 0 unspecified atom stereocenters. The van der Waals surface area contributed by atoms with Crippen molar-refractivity contribution in [1.82, 2.24) is 19.5 Å². The highest BCUT2D eigenvalue weighted by molar-refractivity contribution is 7.89. The van der Waals surface area contributed by atoms with Gasteiger partial charge in [0.1, 0.15) is 4.90 Å². The third kappa shape index (κ3) is 3.56. The molecule has 21 heavy (non-hydrogen) atoms. The van der Waals surface area contributed by atoms with Gasteiger partial charge in [-0.2, -0.15) is 5.10 Å². The van der Waals surface area contributed by atoms with Crippen LogP contribution in [0.4, 0.5) is 0 Å². The lowest BCUT2D eigenvalue weighted by Gasteiger charge is -2.05. The second-order valence-corrected chi connectivity index (χ2v) is 6.37. The number of aromatic nitrogens is 3. The molecule has 2 aromatic heterocycles. The van der Waals surface area contributed by atoms with Gasteiger partial charge in [-0.05, 0) is 25.5 Å². The maximum absolute atomic E-state index is 12.3. The van der Waals surface area contributed by atoms with Gasteiger partial charge in [0.15, 0.2) is 0 Å². The van der Waals surface area contributed by atoms with Crippen molar-refractivity contribution in [3.63, 3.8) is 0 Å². The van der Waals surface area contributed by atoms with Crippen LogP contribution in [0.1, 0.15) is 17.0 Å². The SMILES string of the molecule is Cc1nn(C)c(C)c1S(=O)(=O)NC/C=C/c1cccnc1. The van der Waals surface area contributed by atoms with Crippen molar-refractivity contribution in [2.24, 2.45) is 7.05 Å². The number of pyridine rings is 1. The highest BCUT2D eigenvalue weighted by Crippen LogP contribution is 2.17. The van der Waals surface area contributed by atoms with Crippen molar-refractivity contribution in [1.29, 1.82) is 0 Å². The Morgan fingerprint density at radius 1 is 1.38 bits per heavy atom. The lowest BCUT2D eigenvalue weighted by Crippen LogP contribution is -2.24. The Hall–Kier alpha value is -1.99. The Labute approximate surface area is 124 Å². The fourth-order valence-corrected chi connectivity index (χ4v) is 3.45. The topological polar surface area (TPSA) is 76.9 Å². The Balaban J connectivity index is 2.07. The molecule has 0 amide bonds. The van der Waals surface area contributed by atoms with Crippen LogP contribution in [-0.2, 0) is 17.1 Å². The van der Waals surface area contributed by atoms with Crippen LogP contribution in [0.15, 0.2) is 35.5 Å². The predicted molar refractivity (Wildman–Crippen MR) is 81.1 cm³/mol. The number of aryl methyl sites for hydroxylation is 2. The standard InChI is InChI=1S/C14H18N4O2S/c1-11-14(12(2)18(3)17-11)21(19,20)16-9-5-7-13-6-4-8-15-10-13/h4-8,10,16H,9H2,1-3H3/b7-5+. The summed E-state index contributed by atoms with van der Waals surface area (Å²) in [4.78, 5) is 4.23. The summed E-state index contributed by atoms with van der Waals surface area (Å²) in [5.74, 6) is 0. The summed E-state index contributed by atoms with van der Waals surface area (Å²) in [6, 6.07) is 3.72. The summed E-state index contributed by atoms with van der Waals surface area (Å²) in [7, 11) is -1.83. The van der Waals surface area contributed by atoms with Gasteiger partial charge < -0.3 is 0 Å². The highest BCUT2D eigenvalue weighted by Gasteiger charge is 2.22. The van der Waals surface area contributed by atoms with Gasteiger partial charge in [-0.15, -0.1) is 0 Å². The first-order valence-corrected chi connectivity index (χ1v) is 7.96. The molecule has 0 radical (unpaired) electrons. The number of nitrogens with zero attached hydrogens (tertiary/aromatic N) is 3. The quantitative estimate of drug-likeness (QED) is 0.906. The lowest BCUT2D eigenvalue weighted by molar-refractivity contribution is 0.584. The van der Waals surface area contributed by atoms with Gasteiger partial charge in [0, 0.05) is 26.0 Å². The van der Waals surface area contributed by atoms with Crippen molar-refractivity contribution < 1.29 is 8.42 Å². The summed E-state index contributed by atoms with van der Waals surface area (Å²) < 4.78 is 28.7. The average Bonchev–Trinajstić information content (AvgIpc) is 2.70. The molecule has 0 saturated heterocycles. The first-order chi connectivity index (χ1) is 9.92. The number of hydrogen-bond acceptors (Lipinski definition) is 4. The molecule has 7 heteroatoms. The van der Waals surface area contributed by atoms with E-state index >= 15 is 0 Å². The lowest BCUT2D eigenvalue weighted by atomic mass is 10.3. The van der Waals surface area contributed by atoms with Crippen LogP contribution in [0, 0.1) is 13.8 Å². The third-order valence-electron chi connectivity index (χ3n) is 3.10. The van der Waals surface area contributed by atoms with Crippen molar-refractivity contribution >= 4 is 16.1 Å². The first kappa shape index (κ1) is 15.4. The second kappa shape index (κ2) is 6.19. The maximum atomic E-state index is 12.3. The molecule has 0 aromatic carbocycles. The number of sulfonamides is 1. The predicted octanol–water partition coefficient (Wildman–Crippen LogP) is 1.42. The fraction of sp³-hybridized carbons (Fsp3) is 0.286. The van der Waals surface area contributed by atoms with E-state index in [4.69, 9.17) is 0 Å². The normalized spacial score (nSPS) is 12.1. The van der Waals surface area contributed by atoms with E-state index in [0.717, 1.165) is 5.56 Å². The monoisotopic (exact) mass is 306 g/mol. The van der Waals surface area contributed by atoms with E-state index in [2.05, 4.69) is 14.8 Å². The molecular formula is C14H18N4O2S. The van der Waals surface area contributed by atoms with Gasteiger partial charge in [0.25, 0.3) is 0 Å². The Morgan fingerprint density at radius 2 is 2.14 bits per heavy atom. The Bertz CT molecular complexity index is 749. The first-order valence-electron chi connectivity index (χ1n) is 6.48. The fourth-order valence-electron chi connectivity index (χ4n) is 2.04. The van der Waals surface area contributed by atoms with Crippen molar-refractivity contribution in [3.05, 3.63) is 47.6 Å². The van der Waals surface area contributed by atoms with Crippen molar-refractivity contribution in [2.45, 2.75) is 18.7 Å². The highest BCUT2D eigenvalue weighted by atomic mass is 32.2. The van der Waals surface area contributed by atoms with Gasteiger partial charge >= 0.3 is 0 Å². The minimum absolute atomic E-state index is 0.213. The third-order valence-corrected chi connectivity index (χ3v) is 4.77. The molecule has 0 aliphatic heterocycles. The Kier molecular flexibility index (Phi) is 4.54. The van der Waals surface area contributed by atoms with Crippen LogP contribution in [0.2, 0.25) is 0 Å². The van der Waals surface area contributed by atoms with Crippen LogP contribution in [0.5, 0.6) is 0 Å². The minimum Gasteiger partial charge on any atom is -0.271 e. The molecule has 2 aromatic rings. The van der Waals surface area contributed by atoms with Crippen molar-refractivity contribution in [3.8, 4) is 0 Å². The van der Waals surface area contributed by atoms with Crippen LogP contribution in [0.25, 0.3) is 6.08 Å². The van der Waals surface area contributed by atoms with Gasteiger partial charge in [0.2, 0.25) is 10.0 Å². The van der Waals surface area contributed by atoms with Gasteiger partial charge in [0.05, 0.1) is 11.4 Å². The molecule has 0 atom stereocenters. The van der Waals surface area contributed by atoms with E-state index in [1.54, 1.807) is 44.0 Å². The maximum Gasteiger partial charge on any atom is 0.244 e. The van der Waals surface area contributed by atoms with Gasteiger partial charge in [-0.1, -0.05) is 18.2 Å². The molecule has 6 nitrogen and oxygen atoms in total. The zero-order valence-corrected chi connectivity index (χ0v) is 13.1. The van der Waals surface area contributed by atoms with Crippen LogP contribution < -0.4 is 4.72 Å². The minimum atomic E-state index is -3.56. The molecule has 0 spiro atoms. The summed E-state index contributed by atoms with van der Waals surface area (Å²) in [5.41, 5.74) is 2.04. The summed E-state index contributed by atoms with van der Waals surface area (Å²) in [6.45, 7) is 3.64. The van der Waals surface area contributed by atoms with Gasteiger partial charge in [-0.3, -0.25) is 9.67 Å². The molecule has 0 fully saturated rings. The molecule has 1 N–H and O–H groups in total. The van der Waals surface area contributed by atoms with Crippen LogP contribution in [0.3, 0.4) is 0 Å². The second-order valence-electron chi connectivity index (χ2n) is 4.66. The largest absolute Gasteiger partial charge is 0.271 e. The van der Waals surface area contributed by atoms with Gasteiger partial charge in [-0.25, -0.2) is 13.1 Å². The van der Waals surface area contributed by atoms with Crippen LogP contribution >= 0.6 is 0 Å². The van der Waals surface area contributed by atoms with E-state index in [1.807, 2.05) is 18.2 Å². The number of rotatable bonds is 5. The average molecular weight is 306 g/mol. The van der Waals surface area contributed by atoms with E-state index in [9.17, 15) is 8.42 Å². The molecule has 112 valence electrons. The van der Waals surface area contributed by atoms with E-state index < -0.39 is 10.0 Å². The zero-order valence-electron chi connectivity index (χ0n) is 12.2. The summed E-state index contributed by atoms with van der Waals surface area (Å²) in [6.07, 6.45) is 6.96. The molecule has 2 rings (SSSR count). The molecular weight excluding hydrogens is 288 g/mol. The van der Waals surface area contributed by atoms with Crippen LogP contribution in [-0.4, -0.2) is 29.7 Å². The Morgan fingerprint density at radius 3 is 2.71 bits per heavy atom. The molecule has 2 heterocycles. The van der Waals surface area contributed by atoms with E-state index in [-0.39, 0.29) is 11.4 Å². The molecule has 0 aliphatic rings. The molecule has 0 aliphatic carbocycles. The summed E-state index contributed by atoms with van der Waals surface area (Å²) >= 11 is 0. The van der Waals surface area contributed by atoms with E-state index in [0.29, 0.717) is 11.4 Å². The number of nitrogens with one attached hydrogen (secondary N) is 1.